The fourth-order valence-electron chi connectivity index (χ4n) is 3.09. The minimum atomic E-state index is -0.593. The minimum absolute atomic E-state index is 0.111. The molecule has 0 spiro atoms. The van der Waals surface area contributed by atoms with Gasteiger partial charge in [0.25, 0.3) is 0 Å². The quantitative estimate of drug-likeness (QED) is 0.216. The normalized spacial score (nSPS) is 13.5. The molecule has 32 heavy (non-hydrogen) atoms. The molecule has 8 heteroatoms. The van der Waals surface area contributed by atoms with Gasteiger partial charge in [0.05, 0.1) is 6.61 Å². The Morgan fingerprint density at radius 1 is 0.594 bits per heavy atom. The number of carbonyl (C=O) groups is 4. The average Bonchev–Trinajstić information content (AvgIpc) is 2.68. The molecule has 3 unspecified atom stereocenters. The van der Waals surface area contributed by atoms with E-state index in [4.69, 9.17) is 18.9 Å². The molecule has 0 aliphatic heterocycles. The van der Waals surface area contributed by atoms with Crippen molar-refractivity contribution < 1.29 is 38.1 Å². The first-order valence-corrected chi connectivity index (χ1v) is 12.0. The molecule has 0 saturated carbocycles. The zero-order valence-electron chi connectivity index (χ0n) is 20.5. The van der Waals surface area contributed by atoms with E-state index in [0.717, 1.165) is 0 Å². The van der Waals surface area contributed by atoms with Crippen molar-refractivity contribution in [1.82, 2.24) is 0 Å². The number of esters is 4. The summed E-state index contributed by atoms with van der Waals surface area (Å²) in [6, 6.07) is 0. The van der Waals surface area contributed by atoms with Gasteiger partial charge in [-0.2, -0.15) is 0 Å². The van der Waals surface area contributed by atoms with Gasteiger partial charge >= 0.3 is 23.9 Å². The maximum Gasteiger partial charge on any atom is 0.306 e. The van der Waals surface area contributed by atoms with Crippen molar-refractivity contribution in [1.29, 1.82) is 0 Å². The highest BCUT2D eigenvalue weighted by Gasteiger charge is 2.26. The van der Waals surface area contributed by atoms with Crippen LogP contribution in [0.15, 0.2) is 0 Å². The molecule has 0 aliphatic carbocycles. The lowest BCUT2D eigenvalue weighted by atomic mass is 10.0. The minimum Gasteiger partial charge on any atom is -0.466 e. The van der Waals surface area contributed by atoms with E-state index >= 15 is 0 Å². The lowest BCUT2D eigenvalue weighted by Gasteiger charge is -2.26. The summed E-state index contributed by atoms with van der Waals surface area (Å²) in [6.07, 6.45) is 3.09. The number of rotatable bonds is 18. The van der Waals surface area contributed by atoms with Crippen LogP contribution in [-0.4, -0.2) is 48.8 Å². The fraction of sp³-hybridized carbons (Fsp3) is 0.833. The van der Waals surface area contributed by atoms with Crippen molar-refractivity contribution >= 4 is 23.9 Å². The first-order valence-electron chi connectivity index (χ1n) is 12.0. The SMILES string of the molecule is CCCC(=O)OCCC(CC(CC(C)OC(=O)CCC)OC(=O)CCC)OC(=O)CCC. The molecule has 0 N–H and O–H groups in total. The third-order valence-corrected chi connectivity index (χ3v) is 4.57. The maximum atomic E-state index is 12.1. The van der Waals surface area contributed by atoms with Gasteiger partial charge in [0.2, 0.25) is 0 Å². The van der Waals surface area contributed by atoms with Gasteiger partial charge in [-0.05, 0) is 32.6 Å². The summed E-state index contributed by atoms with van der Waals surface area (Å²) in [6.45, 7) is 9.40. The zero-order valence-corrected chi connectivity index (χ0v) is 20.5. The molecule has 0 radical (unpaired) electrons. The van der Waals surface area contributed by atoms with Gasteiger partial charge < -0.3 is 18.9 Å². The third kappa shape index (κ3) is 15.6. The molecule has 0 bridgehead atoms. The predicted molar refractivity (Wildman–Crippen MR) is 120 cm³/mol. The van der Waals surface area contributed by atoms with Crippen molar-refractivity contribution in [2.75, 3.05) is 6.61 Å². The number of hydrogen-bond acceptors (Lipinski definition) is 8. The van der Waals surface area contributed by atoms with Gasteiger partial charge in [-0.15, -0.1) is 0 Å². The van der Waals surface area contributed by atoms with Gasteiger partial charge in [-0.1, -0.05) is 27.7 Å². The van der Waals surface area contributed by atoms with Crippen molar-refractivity contribution in [3.63, 3.8) is 0 Å². The molecule has 0 aromatic carbocycles. The molecular weight excluding hydrogens is 416 g/mol. The standard InChI is InChI=1S/C24H42O8/c1-6-10-21(25)29-15-14-19(31-23(27)12-8-3)17-20(32-24(28)13-9-4)16-18(5)30-22(26)11-7-2/h18-20H,6-17H2,1-5H3. The van der Waals surface area contributed by atoms with Crippen LogP contribution in [0.5, 0.6) is 0 Å². The predicted octanol–water partition coefficient (Wildman–Crippen LogP) is 4.66. The molecule has 0 aliphatic rings. The topological polar surface area (TPSA) is 105 Å². The summed E-state index contributed by atoms with van der Waals surface area (Å²) in [5, 5.41) is 0. The van der Waals surface area contributed by atoms with Crippen LogP contribution in [0.3, 0.4) is 0 Å². The van der Waals surface area contributed by atoms with E-state index in [0.29, 0.717) is 51.4 Å². The Bertz CT molecular complexity index is 560. The van der Waals surface area contributed by atoms with Gasteiger partial charge in [0, 0.05) is 44.9 Å². The second-order valence-electron chi connectivity index (χ2n) is 8.00. The zero-order chi connectivity index (χ0) is 24.4. The van der Waals surface area contributed by atoms with Crippen LogP contribution in [0.1, 0.15) is 105 Å². The highest BCUT2D eigenvalue weighted by Crippen LogP contribution is 2.19. The summed E-state index contributed by atoms with van der Waals surface area (Å²) in [5.41, 5.74) is 0. The van der Waals surface area contributed by atoms with Crippen LogP contribution in [0.4, 0.5) is 0 Å². The van der Waals surface area contributed by atoms with E-state index in [1.165, 1.54) is 0 Å². The smallest absolute Gasteiger partial charge is 0.306 e. The molecule has 0 aromatic heterocycles. The Labute approximate surface area is 192 Å². The van der Waals surface area contributed by atoms with Gasteiger partial charge in [0.15, 0.2) is 0 Å². The van der Waals surface area contributed by atoms with Crippen molar-refractivity contribution in [2.24, 2.45) is 0 Å². The number of hydrogen-bond donors (Lipinski definition) is 0. The summed E-state index contributed by atoms with van der Waals surface area (Å²) in [7, 11) is 0. The fourth-order valence-corrected chi connectivity index (χ4v) is 3.09. The highest BCUT2D eigenvalue weighted by molar-refractivity contribution is 5.70. The van der Waals surface area contributed by atoms with Gasteiger partial charge in [-0.3, -0.25) is 19.2 Å². The van der Waals surface area contributed by atoms with E-state index < -0.39 is 18.3 Å². The maximum absolute atomic E-state index is 12.1. The Hall–Kier alpha value is -2.12. The van der Waals surface area contributed by atoms with Gasteiger partial charge in [-0.25, -0.2) is 0 Å². The van der Waals surface area contributed by atoms with E-state index in [9.17, 15) is 19.2 Å². The summed E-state index contributed by atoms with van der Waals surface area (Å²) < 4.78 is 21.8. The second kappa shape index (κ2) is 18.5. The lowest BCUT2D eigenvalue weighted by molar-refractivity contribution is -0.159. The van der Waals surface area contributed by atoms with E-state index in [-0.39, 0.29) is 49.7 Å². The molecule has 8 nitrogen and oxygen atoms in total. The van der Waals surface area contributed by atoms with E-state index in [1.54, 1.807) is 6.92 Å². The molecule has 3 atom stereocenters. The molecular formula is C24H42O8. The first-order chi connectivity index (χ1) is 15.2. The van der Waals surface area contributed by atoms with E-state index in [2.05, 4.69) is 0 Å². The van der Waals surface area contributed by atoms with Crippen LogP contribution in [0.25, 0.3) is 0 Å². The molecule has 186 valence electrons. The Balaban J connectivity index is 5.17. The Morgan fingerprint density at radius 3 is 1.53 bits per heavy atom. The first kappa shape index (κ1) is 29.9. The summed E-state index contributed by atoms with van der Waals surface area (Å²) in [4.78, 5) is 47.7. The Kier molecular flexibility index (Phi) is 17.2. The molecule has 0 fully saturated rings. The summed E-state index contributed by atoms with van der Waals surface area (Å²) in [5.74, 6) is -1.29. The molecule has 0 rings (SSSR count). The van der Waals surface area contributed by atoms with Crippen LogP contribution in [0, 0.1) is 0 Å². The second-order valence-corrected chi connectivity index (χ2v) is 8.00. The van der Waals surface area contributed by atoms with Crippen LogP contribution >= 0.6 is 0 Å². The monoisotopic (exact) mass is 458 g/mol. The molecule has 0 saturated heterocycles. The highest BCUT2D eigenvalue weighted by atomic mass is 16.6. The lowest BCUT2D eigenvalue weighted by Crippen LogP contribution is -2.32. The average molecular weight is 459 g/mol. The van der Waals surface area contributed by atoms with Gasteiger partial charge in [0.1, 0.15) is 18.3 Å². The number of ether oxygens (including phenoxy) is 4. The van der Waals surface area contributed by atoms with Crippen LogP contribution < -0.4 is 0 Å². The molecule has 0 aromatic rings. The van der Waals surface area contributed by atoms with Crippen LogP contribution in [0.2, 0.25) is 0 Å². The van der Waals surface area contributed by atoms with Crippen molar-refractivity contribution in [2.45, 2.75) is 124 Å². The third-order valence-electron chi connectivity index (χ3n) is 4.57. The van der Waals surface area contributed by atoms with Crippen molar-refractivity contribution in [3.8, 4) is 0 Å². The largest absolute Gasteiger partial charge is 0.466 e. The van der Waals surface area contributed by atoms with Crippen LogP contribution in [-0.2, 0) is 38.1 Å². The van der Waals surface area contributed by atoms with E-state index in [1.807, 2.05) is 27.7 Å². The molecule has 0 amide bonds. The molecule has 0 heterocycles. The van der Waals surface area contributed by atoms with Crippen molar-refractivity contribution in [3.05, 3.63) is 0 Å². The summed E-state index contributed by atoms with van der Waals surface area (Å²) >= 11 is 0. The Morgan fingerprint density at radius 2 is 1.03 bits per heavy atom. The number of carbonyl (C=O) groups excluding carboxylic acids is 4.